The van der Waals surface area contributed by atoms with Crippen LogP contribution in [0.4, 0.5) is 0 Å². The van der Waals surface area contributed by atoms with Crippen molar-refractivity contribution in [2.75, 3.05) is 26.2 Å². The molecule has 0 saturated heterocycles. The van der Waals surface area contributed by atoms with Gasteiger partial charge in [0.1, 0.15) is 0 Å². The molecule has 2 N–H and O–H groups in total. The van der Waals surface area contributed by atoms with E-state index in [2.05, 4.69) is 84.3 Å². The van der Waals surface area contributed by atoms with Crippen LogP contribution < -0.4 is 0 Å². The predicted octanol–water partition coefficient (Wildman–Crippen LogP) is 9.77. The molecule has 0 aliphatic heterocycles. The van der Waals surface area contributed by atoms with Gasteiger partial charge in [-0.15, -0.1) is 0 Å². The van der Waals surface area contributed by atoms with Gasteiger partial charge in [-0.3, -0.25) is 9.80 Å². The highest BCUT2D eigenvalue weighted by Gasteiger charge is 2.17. The highest BCUT2D eigenvalue weighted by molar-refractivity contribution is 5.15. The maximum Gasteiger partial charge on any atom is 0.0667 e. The van der Waals surface area contributed by atoms with Gasteiger partial charge in [-0.2, -0.15) is 0 Å². The third-order valence-electron chi connectivity index (χ3n) is 8.95. The van der Waals surface area contributed by atoms with Crippen molar-refractivity contribution in [1.82, 2.24) is 9.80 Å². The molecule has 44 heavy (non-hydrogen) atoms. The first-order valence-electron chi connectivity index (χ1n) is 18.5. The standard InChI is InChI=1S/C40H68N2O2/c1-3-5-7-9-11-13-15-23-29-39(43)35-41(33-37-25-19-17-20-26-37)31-32-42(34-38-27-21-18-22-28-38)36-40(44)30-24-16-14-12-10-8-6-4-2/h17-22,25-28,39-40,43-44H,3-16,23-24,29-36H2,1-2H3/t39-,40-/m1/s1. The number of aliphatic hydroxyl groups is 2. The lowest BCUT2D eigenvalue weighted by Gasteiger charge is -2.30. The number of hydrogen-bond acceptors (Lipinski definition) is 4. The molecular formula is C40H68N2O2. The Morgan fingerprint density at radius 1 is 0.455 bits per heavy atom. The van der Waals surface area contributed by atoms with E-state index >= 15 is 0 Å². The van der Waals surface area contributed by atoms with E-state index in [-0.39, 0.29) is 12.2 Å². The van der Waals surface area contributed by atoms with Crippen molar-refractivity contribution < 1.29 is 10.2 Å². The number of aliphatic hydroxyl groups excluding tert-OH is 2. The molecule has 0 aliphatic rings. The van der Waals surface area contributed by atoms with E-state index in [1.807, 2.05) is 0 Å². The molecular weight excluding hydrogens is 540 g/mol. The van der Waals surface area contributed by atoms with Crippen LogP contribution in [0.15, 0.2) is 60.7 Å². The Labute approximate surface area is 272 Å². The van der Waals surface area contributed by atoms with Crippen LogP contribution >= 0.6 is 0 Å². The number of rotatable bonds is 29. The molecule has 4 heteroatoms. The summed E-state index contributed by atoms with van der Waals surface area (Å²) in [5, 5.41) is 22.0. The van der Waals surface area contributed by atoms with Gasteiger partial charge in [-0.05, 0) is 24.0 Å². The summed E-state index contributed by atoms with van der Waals surface area (Å²) in [5.41, 5.74) is 2.58. The van der Waals surface area contributed by atoms with Crippen LogP contribution in [0.1, 0.15) is 141 Å². The van der Waals surface area contributed by atoms with Gasteiger partial charge < -0.3 is 10.2 Å². The number of nitrogens with zero attached hydrogens (tertiary/aromatic N) is 2. The van der Waals surface area contributed by atoms with Crippen LogP contribution in [0.25, 0.3) is 0 Å². The van der Waals surface area contributed by atoms with Crippen molar-refractivity contribution in [1.29, 1.82) is 0 Å². The van der Waals surface area contributed by atoms with Crippen LogP contribution in [0.3, 0.4) is 0 Å². The highest BCUT2D eigenvalue weighted by Crippen LogP contribution is 2.15. The normalized spacial score (nSPS) is 13.1. The fraction of sp³-hybridized carbons (Fsp3) is 0.700. The Hall–Kier alpha value is -1.72. The molecule has 4 nitrogen and oxygen atoms in total. The molecule has 0 aliphatic carbocycles. The maximum absolute atomic E-state index is 11.0. The Balaban J connectivity index is 1.86. The number of hydrogen-bond donors (Lipinski definition) is 2. The summed E-state index contributed by atoms with van der Waals surface area (Å²) in [6, 6.07) is 21.3. The van der Waals surface area contributed by atoms with Gasteiger partial charge in [0.15, 0.2) is 0 Å². The van der Waals surface area contributed by atoms with Crippen molar-refractivity contribution >= 4 is 0 Å². The van der Waals surface area contributed by atoms with Gasteiger partial charge in [0.25, 0.3) is 0 Å². The summed E-state index contributed by atoms with van der Waals surface area (Å²) < 4.78 is 0. The molecule has 0 fully saturated rings. The molecule has 0 aromatic heterocycles. The summed E-state index contributed by atoms with van der Waals surface area (Å²) in [6.45, 7) is 9.37. The van der Waals surface area contributed by atoms with Crippen LogP contribution in [-0.4, -0.2) is 58.4 Å². The highest BCUT2D eigenvalue weighted by atomic mass is 16.3. The zero-order chi connectivity index (χ0) is 31.5. The summed E-state index contributed by atoms with van der Waals surface area (Å²) in [4.78, 5) is 4.85. The molecule has 0 heterocycles. The quantitative estimate of drug-likeness (QED) is 0.0903. The predicted molar refractivity (Wildman–Crippen MR) is 190 cm³/mol. The average molecular weight is 609 g/mol. The van der Waals surface area contributed by atoms with Crippen LogP contribution in [-0.2, 0) is 13.1 Å². The first kappa shape index (κ1) is 38.5. The van der Waals surface area contributed by atoms with Crippen molar-refractivity contribution in [3.8, 4) is 0 Å². The van der Waals surface area contributed by atoms with Crippen molar-refractivity contribution in [3.63, 3.8) is 0 Å². The lowest BCUT2D eigenvalue weighted by atomic mass is 10.0. The maximum atomic E-state index is 11.0. The first-order chi connectivity index (χ1) is 21.6. The van der Waals surface area contributed by atoms with Crippen LogP contribution in [0.2, 0.25) is 0 Å². The zero-order valence-corrected chi connectivity index (χ0v) is 28.7. The second-order valence-electron chi connectivity index (χ2n) is 13.3. The second-order valence-corrected chi connectivity index (χ2v) is 13.3. The van der Waals surface area contributed by atoms with Crippen molar-refractivity contribution in [2.24, 2.45) is 0 Å². The molecule has 0 unspecified atom stereocenters. The Morgan fingerprint density at radius 2 is 0.773 bits per heavy atom. The molecule has 0 saturated carbocycles. The minimum atomic E-state index is -0.297. The number of unbranched alkanes of at least 4 members (excludes halogenated alkanes) is 14. The molecule has 2 aromatic carbocycles. The molecule has 0 radical (unpaired) electrons. The van der Waals surface area contributed by atoms with E-state index in [0.717, 1.165) is 51.9 Å². The second kappa shape index (κ2) is 26.5. The minimum absolute atomic E-state index is 0.297. The lowest BCUT2D eigenvalue weighted by molar-refractivity contribution is 0.0721. The van der Waals surface area contributed by atoms with Gasteiger partial charge in [0.05, 0.1) is 12.2 Å². The van der Waals surface area contributed by atoms with E-state index in [1.165, 1.54) is 101 Å². The number of benzene rings is 2. The molecule has 0 amide bonds. The van der Waals surface area contributed by atoms with Crippen molar-refractivity contribution in [2.45, 2.75) is 155 Å². The van der Waals surface area contributed by atoms with E-state index in [1.54, 1.807) is 0 Å². The Morgan fingerprint density at radius 3 is 1.11 bits per heavy atom. The summed E-state index contributed by atoms with van der Waals surface area (Å²) in [5.74, 6) is 0. The Bertz CT molecular complexity index is 804. The molecule has 0 spiro atoms. The van der Waals surface area contributed by atoms with Crippen LogP contribution in [0.5, 0.6) is 0 Å². The van der Waals surface area contributed by atoms with Crippen molar-refractivity contribution in [3.05, 3.63) is 71.8 Å². The van der Waals surface area contributed by atoms with Gasteiger partial charge in [0.2, 0.25) is 0 Å². The monoisotopic (exact) mass is 609 g/mol. The van der Waals surface area contributed by atoms with Gasteiger partial charge in [0, 0.05) is 39.3 Å². The zero-order valence-electron chi connectivity index (χ0n) is 28.7. The largest absolute Gasteiger partial charge is 0.392 e. The summed E-state index contributed by atoms with van der Waals surface area (Å²) >= 11 is 0. The third kappa shape index (κ3) is 20.3. The molecule has 2 rings (SSSR count). The van der Waals surface area contributed by atoms with Crippen LogP contribution in [0, 0.1) is 0 Å². The third-order valence-corrected chi connectivity index (χ3v) is 8.95. The lowest BCUT2D eigenvalue weighted by Crippen LogP contribution is -2.41. The van der Waals surface area contributed by atoms with Gasteiger partial charge in [-0.25, -0.2) is 0 Å². The van der Waals surface area contributed by atoms with Gasteiger partial charge in [-0.1, -0.05) is 177 Å². The van der Waals surface area contributed by atoms with E-state index < -0.39 is 0 Å². The van der Waals surface area contributed by atoms with E-state index in [4.69, 9.17) is 0 Å². The fourth-order valence-corrected chi connectivity index (χ4v) is 6.24. The van der Waals surface area contributed by atoms with E-state index in [9.17, 15) is 10.2 Å². The smallest absolute Gasteiger partial charge is 0.0667 e. The molecule has 0 bridgehead atoms. The fourth-order valence-electron chi connectivity index (χ4n) is 6.24. The van der Waals surface area contributed by atoms with Gasteiger partial charge >= 0.3 is 0 Å². The summed E-state index contributed by atoms with van der Waals surface area (Å²) in [6.07, 6.45) is 21.8. The first-order valence-corrected chi connectivity index (χ1v) is 18.5. The van der Waals surface area contributed by atoms with E-state index in [0.29, 0.717) is 13.1 Å². The Kier molecular flexibility index (Phi) is 23.2. The topological polar surface area (TPSA) is 46.9 Å². The summed E-state index contributed by atoms with van der Waals surface area (Å²) in [7, 11) is 0. The molecule has 2 atom stereocenters. The SMILES string of the molecule is CCCCCCCCCC[C@@H](O)CN(CCN(Cc1ccccc1)C[C@H](O)CCCCCCCCCC)Cc1ccccc1. The average Bonchev–Trinajstić information content (AvgIpc) is 3.03. The molecule has 2 aromatic rings. The minimum Gasteiger partial charge on any atom is -0.392 e. The molecule has 250 valence electrons.